The Balaban J connectivity index is 1.62. The van der Waals surface area contributed by atoms with Crippen molar-refractivity contribution >= 4 is 23.2 Å². The predicted molar refractivity (Wildman–Crippen MR) is 110 cm³/mol. The molecule has 1 amide bonds. The molecule has 6 heteroatoms. The number of hydrogen-bond acceptors (Lipinski definition) is 4. The second kappa shape index (κ2) is 8.52. The molecular weight excluding hydrogens is 376 g/mol. The molecule has 0 unspecified atom stereocenters. The number of morpholine rings is 1. The van der Waals surface area contributed by atoms with Crippen LogP contribution in [-0.2, 0) is 4.74 Å². The van der Waals surface area contributed by atoms with Gasteiger partial charge in [0.2, 0.25) is 0 Å². The van der Waals surface area contributed by atoms with Gasteiger partial charge in [0.1, 0.15) is 6.10 Å². The molecule has 1 N–H and O–H groups in total. The highest BCUT2D eigenvalue weighted by molar-refractivity contribution is 6.33. The summed E-state index contributed by atoms with van der Waals surface area (Å²) in [7, 11) is 0. The highest BCUT2D eigenvalue weighted by Crippen LogP contribution is 2.33. The molecular formula is C22H25ClN2O3. The van der Waals surface area contributed by atoms with Gasteiger partial charge < -0.3 is 19.6 Å². The number of benzene rings is 2. The summed E-state index contributed by atoms with van der Waals surface area (Å²) in [4.78, 5) is 17.4. The monoisotopic (exact) mass is 400 g/mol. The summed E-state index contributed by atoms with van der Waals surface area (Å²) in [5.41, 5.74) is 2.51. The van der Waals surface area contributed by atoms with E-state index in [4.69, 9.17) is 16.3 Å². The Morgan fingerprint density at radius 2 is 1.86 bits per heavy atom. The molecule has 28 heavy (non-hydrogen) atoms. The van der Waals surface area contributed by atoms with Crippen LogP contribution in [0.3, 0.4) is 0 Å². The molecule has 2 aromatic carbocycles. The second-order valence-corrected chi connectivity index (χ2v) is 7.71. The lowest BCUT2D eigenvalue weighted by Crippen LogP contribution is -2.49. The van der Waals surface area contributed by atoms with Crippen LogP contribution in [0.5, 0.6) is 0 Å². The molecule has 0 spiro atoms. The lowest BCUT2D eigenvalue weighted by atomic mass is 9.97. The van der Waals surface area contributed by atoms with Crippen LogP contribution in [0.2, 0.25) is 5.02 Å². The minimum atomic E-state index is -0.445. The fraction of sp³-hybridized carbons (Fsp3) is 0.409. The van der Waals surface area contributed by atoms with Crippen LogP contribution >= 0.6 is 11.6 Å². The van der Waals surface area contributed by atoms with Gasteiger partial charge >= 0.3 is 0 Å². The largest absolute Gasteiger partial charge is 0.394 e. The van der Waals surface area contributed by atoms with E-state index in [9.17, 15) is 9.90 Å². The van der Waals surface area contributed by atoms with E-state index >= 15 is 0 Å². The molecule has 148 valence electrons. The maximum atomic E-state index is 13.3. The van der Waals surface area contributed by atoms with Crippen molar-refractivity contribution in [3.8, 4) is 0 Å². The van der Waals surface area contributed by atoms with Crippen molar-refractivity contribution in [3.63, 3.8) is 0 Å². The third-order valence-electron chi connectivity index (χ3n) is 5.58. The second-order valence-electron chi connectivity index (χ2n) is 7.31. The van der Waals surface area contributed by atoms with Crippen LogP contribution in [0.25, 0.3) is 0 Å². The first kappa shape index (κ1) is 19.2. The summed E-state index contributed by atoms with van der Waals surface area (Å²) in [5.74, 6) is -0.0922. The molecule has 0 radical (unpaired) electrons. The SMILES string of the molecule is O=C(c1ccc(N2CCCC2)c(Cl)c1)N1CCO[C@H](CO)[C@H]1c1ccccc1. The number of nitrogens with zero attached hydrogens (tertiary/aromatic N) is 2. The van der Waals surface area contributed by atoms with E-state index in [0.717, 1.165) is 24.3 Å². The number of halogens is 1. The first-order valence-corrected chi connectivity index (χ1v) is 10.2. The summed E-state index contributed by atoms with van der Waals surface area (Å²) < 4.78 is 5.74. The number of aliphatic hydroxyl groups is 1. The predicted octanol–water partition coefficient (Wildman–Crippen LogP) is 3.51. The summed E-state index contributed by atoms with van der Waals surface area (Å²) in [6, 6.07) is 15.0. The van der Waals surface area contributed by atoms with Gasteiger partial charge in [-0.3, -0.25) is 4.79 Å². The molecule has 2 atom stereocenters. The normalized spacial score (nSPS) is 22.5. The molecule has 0 saturated carbocycles. The van der Waals surface area contributed by atoms with Crippen molar-refractivity contribution in [3.05, 3.63) is 64.7 Å². The van der Waals surface area contributed by atoms with E-state index in [1.807, 2.05) is 42.5 Å². The summed E-state index contributed by atoms with van der Waals surface area (Å²) in [6.45, 7) is 2.74. The van der Waals surface area contributed by atoms with E-state index in [1.54, 1.807) is 11.0 Å². The lowest BCUT2D eigenvalue weighted by molar-refractivity contribution is -0.0811. The molecule has 4 rings (SSSR count). The molecule has 2 heterocycles. The number of aliphatic hydroxyl groups excluding tert-OH is 1. The van der Waals surface area contributed by atoms with E-state index in [0.29, 0.717) is 23.7 Å². The number of hydrogen-bond donors (Lipinski definition) is 1. The summed E-state index contributed by atoms with van der Waals surface area (Å²) in [6.07, 6.45) is 1.90. The molecule has 0 bridgehead atoms. The maximum Gasteiger partial charge on any atom is 0.254 e. The standard InChI is InChI=1S/C22H25ClN2O3/c23-18-14-17(8-9-19(18)24-10-4-5-11-24)22(27)25-12-13-28-20(15-26)21(25)16-6-2-1-3-7-16/h1-3,6-9,14,20-21,26H,4-5,10-13,15H2/t20-,21-/m1/s1. The lowest BCUT2D eigenvalue weighted by Gasteiger charge is -2.41. The van der Waals surface area contributed by atoms with Gasteiger partial charge in [0.05, 0.1) is 30.0 Å². The van der Waals surface area contributed by atoms with Gasteiger partial charge in [-0.1, -0.05) is 41.9 Å². The zero-order valence-electron chi connectivity index (χ0n) is 15.8. The number of carbonyl (C=O) groups excluding carboxylic acids is 1. The average Bonchev–Trinajstić information content (AvgIpc) is 3.27. The number of rotatable bonds is 4. The van der Waals surface area contributed by atoms with Crippen molar-refractivity contribution in [2.45, 2.75) is 25.0 Å². The molecule has 2 aliphatic heterocycles. The first-order chi connectivity index (χ1) is 13.7. The molecule has 5 nitrogen and oxygen atoms in total. The van der Waals surface area contributed by atoms with Crippen molar-refractivity contribution in [1.29, 1.82) is 0 Å². The van der Waals surface area contributed by atoms with Crippen molar-refractivity contribution in [2.24, 2.45) is 0 Å². The van der Waals surface area contributed by atoms with Gasteiger partial charge in [0, 0.05) is 25.2 Å². The van der Waals surface area contributed by atoms with Gasteiger partial charge in [-0.2, -0.15) is 0 Å². The fourth-order valence-electron chi connectivity index (χ4n) is 4.18. The Hall–Kier alpha value is -2.08. The van der Waals surface area contributed by atoms with E-state index in [-0.39, 0.29) is 18.6 Å². The highest BCUT2D eigenvalue weighted by Gasteiger charge is 2.36. The third kappa shape index (κ3) is 3.75. The number of anilines is 1. The van der Waals surface area contributed by atoms with Gasteiger partial charge in [0.15, 0.2) is 0 Å². The molecule has 2 aliphatic rings. The molecule has 0 aromatic heterocycles. The van der Waals surface area contributed by atoms with Crippen molar-refractivity contribution in [2.75, 3.05) is 37.7 Å². The third-order valence-corrected chi connectivity index (χ3v) is 5.88. The number of ether oxygens (including phenoxy) is 1. The Bertz CT molecular complexity index is 824. The Morgan fingerprint density at radius 1 is 1.11 bits per heavy atom. The van der Waals surface area contributed by atoms with Crippen LogP contribution in [0.1, 0.15) is 34.8 Å². The smallest absolute Gasteiger partial charge is 0.254 e. The van der Waals surface area contributed by atoms with Gasteiger partial charge in [-0.25, -0.2) is 0 Å². The van der Waals surface area contributed by atoms with Crippen LogP contribution < -0.4 is 4.90 Å². The highest BCUT2D eigenvalue weighted by atomic mass is 35.5. The molecule has 2 aromatic rings. The summed E-state index contributed by atoms with van der Waals surface area (Å²) in [5, 5.41) is 10.4. The Kier molecular flexibility index (Phi) is 5.85. The molecule has 2 saturated heterocycles. The average molecular weight is 401 g/mol. The van der Waals surface area contributed by atoms with Crippen molar-refractivity contribution < 1.29 is 14.6 Å². The number of amides is 1. The number of carbonyl (C=O) groups is 1. The minimum absolute atomic E-state index is 0.0922. The Labute approximate surface area is 170 Å². The minimum Gasteiger partial charge on any atom is -0.394 e. The molecule has 2 fully saturated rings. The van der Waals surface area contributed by atoms with Gasteiger partial charge in [-0.05, 0) is 36.6 Å². The maximum absolute atomic E-state index is 13.3. The van der Waals surface area contributed by atoms with Crippen LogP contribution in [0, 0.1) is 0 Å². The molecule has 0 aliphatic carbocycles. The fourth-order valence-corrected chi connectivity index (χ4v) is 4.48. The first-order valence-electron chi connectivity index (χ1n) is 9.82. The quantitative estimate of drug-likeness (QED) is 0.853. The van der Waals surface area contributed by atoms with E-state index < -0.39 is 6.10 Å². The van der Waals surface area contributed by atoms with E-state index in [1.165, 1.54) is 12.8 Å². The zero-order chi connectivity index (χ0) is 19.5. The van der Waals surface area contributed by atoms with Crippen LogP contribution in [-0.4, -0.2) is 54.9 Å². The van der Waals surface area contributed by atoms with Crippen LogP contribution in [0.4, 0.5) is 5.69 Å². The van der Waals surface area contributed by atoms with Gasteiger partial charge in [0.25, 0.3) is 5.91 Å². The van der Waals surface area contributed by atoms with Gasteiger partial charge in [-0.15, -0.1) is 0 Å². The van der Waals surface area contributed by atoms with E-state index in [2.05, 4.69) is 4.90 Å². The zero-order valence-corrected chi connectivity index (χ0v) is 16.5. The topological polar surface area (TPSA) is 53.0 Å². The van der Waals surface area contributed by atoms with Crippen LogP contribution in [0.15, 0.2) is 48.5 Å². The summed E-state index contributed by atoms with van der Waals surface area (Å²) >= 11 is 6.52. The Morgan fingerprint density at radius 3 is 2.54 bits per heavy atom. The van der Waals surface area contributed by atoms with Crippen molar-refractivity contribution in [1.82, 2.24) is 4.90 Å².